The molecule has 0 saturated carbocycles. The third-order valence-corrected chi connectivity index (χ3v) is 1.76. The van der Waals surface area contributed by atoms with Crippen molar-refractivity contribution in [1.29, 1.82) is 0 Å². The molecule has 1 atom stereocenters. The average molecular weight is 228 g/mol. The van der Waals surface area contributed by atoms with E-state index in [0.717, 1.165) is 25.2 Å². The van der Waals surface area contributed by atoms with E-state index < -0.39 is 0 Å². The van der Waals surface area contributed by atoms with Crippen LogP contribution >= 0.6 is 0 Å². The van der Waals surface area contributed by atoms with E-state index in [9.17, 15) is 0 Å². The first-order chi connectivity index (χ1) is 7.36. The minimum atomic E-state index is -0.126. The molecule has 0 bridgehead atoms. The van der Waals surface area contributed by atoms with Gasteiger partial charge < -0.3 is 5.11 Å². The highest BCUT2D eigenvalue weighted by atomic mass is 16.3. The van der Waals surface area contributed by atoms with Crippen molar-refractivity contribution in [3.8, 4) is 0 Å². The molecule has 0 spiro atoms. The number of unbranched alkanes of at least 4 members (excludes halogenated alkanes) is 2. The topological polar surface area (TPSA) is 20.2 Å². The Morgan fingerprint density at radius 1 is 0.938 bits per heavy atom. The van der Waals surface area contributed by atoms with Crippen molar-refractivity contribution in [1.82, 2.24) is 0 Å². The Hall–Kier alpha value is -0.300. The maximum absolute atomic E-state index is 8.98. The highest BCUT2D eigenvalue weighted by molar-refractivity contribution is 4.84. The van der Waals surface area contributed by atoms with E-state index in [4.69, 9.17) is 5.11 Å². The minimum absolute atomic E-state index is 0.126. The SMILES string of the molecule is CC(C)/C=C/CCCC[C@H](C)O.CC(C)C. The van der Waals surface area contributed by atoms with Gasteiger partial charge in [0.25, 0.3) is 0 Å². The van der Waals surface area contributed by atoms with Crippen molar-refractivity contribution >= 4 is 0 Å². The predicted molar refractivity (Wildman–Crippen MR) is 74.6 cm³/mol. The summed E-state index contributed by atoms with van der Waals surface area (Å²) in [4.78, 5) is 0. The van der Waals surface area contributed by atoms with E-state index in [0.29, 0.717) is 5.92 Å². The fourth-order valence-electron chi connectivity index (χ4n) is 1.07. The van der Waals surface area contributed by atoms with Crippen molar-refractivity contribution in [3.05, 3.63) is 12.2 Å². The maximum atomic E-state index is 8.98. The van der Waals surface area contributed by atoms with Crippen molar-refractivity contribution in [2.75, 3.05) is 0 Å². The van der Waals surface area contributed by atoms with Crippen LogP contribution in [0.5, 0.6) is 0 Å². The Labute approximate surface area is 103 Å². The van der Waals surface area contributed by atoms with Gasteiger partial charge in [-0.05, 0) is 38.0 Å². The minimum Gasteiger partial charge on any atom is -0.393 e. The average Bonchev–Trinajstić information content (AvgIpc) is 2.09. The van der Waals surface area contributed by atoms with Crippen LogP contribution < -0.4 is 0 Å². The number of aliphatic hydroxyl groups excluding tert-OH is 1. The molecule has 16 heavy (non-hydrogen) atoms. The molecule has 1 nitrogen and oxygen atoms in total. The lowest BCUT2D eigenvalue weighted by Gasteiger charge is -2.01. The molecule has 0 fully saturated rings. The summed E-state index contributed by atoms with van der Waals surface area (Å²) in [6, 6.07) is 0. The molecule has 0 aliphatic heterocycles. The highest BCUT2D eigenvalue weighted by Crippen LogP contribution is 2.04. The Balaban J connectivity index is 0. The van der Waals surface area contributed by atoms with Gasteiger partial charge in [0.05, 0.1) is 6.10 Å². The summed E-state index contributed by atoms with van der Waals surface area (Å²) in [5.41, 5.74) is 0. The largest absolute Gasteiger partial charge is 0.393 e. The Morgan fingerprint density at radius 3 is 1.81 bits per heavy atom. The van der Waals surface area contributed by atoms with Gasteiger partial charge in [-0.15, -0.1) is 0 Å². The van der Waals surface area contributed by atoms with Crippen LogP contribution in [0.3, 0.4) is 0 Å². The lowest BCUT2D eigenvalue weighted by atomic mass is 10.1. The first-order valence-corrected chi connectivity index (χ1v) is 6.71. The monoisotopic (exact) mass is 228 g/mol. The van der Waals surface area contributed by atoms with Crippen LogP contribution in [0.15, 0.2) is 12.2 Å². The molecule has 1 heteroatoms. The molecule has 0 unspecified atom stereocenters. The normalized spacial score (nSPS) is 13.1. The van der Waals surface area contributed by atoms with Crippen LogP contribution in [0.4, 0.5) is 0 Å². The van der Waals surface area contributed by atoms with E-state index in [1.807, 2.05) is 6.92 Å². The molecule has 1 N–H and O–H groups in total. The first-order valence-electron chi connectivity index (χ1n) is 6.71. The van der Waals surface area contributed by atoms with Crippen LogP contribution in [-0.2, 0) is 0 Å². The Bertz CT molecular complexity index is 143. The lowest BCUT2D eigenvalue weighted by Crippen LogP contribution is -1.97. The van der Waals surface area contributed by atoms with Crippen LogP contribution in [0, 0.1) is 11.8 Å². The van der Waals surface area contributed by atoms with Crippen molar-refractivity contribution in [2.24, 2.45) is 11.8 Å². The second-order valence-electron chi connectivity index (χ2n) is 5.54. The van der Waals surface area contributed by atoms with Gasteiger partial charge in [0.2, 0.25) is 0 Å². The molecule has 0 aromatic heterocycles. The molecular weight excluding hydrogens is 196 g/mol. The van der Waals surface area contributed by atoms with Gasteiger partial charge in [-0.2, -0.15) is 0 Å². The fourth-order valence-corrected chi connectivity index (χ4v) is 1.07. The molecule has 0 aromatic rings. The zero-order valence-electron chi connectivity index (χ0n) is 12.2. The number of allylic oxidation sites excluding steroid dienone is 2. The summed E-state index contributed by atoms with van der Waals surface area (Å²) in [5, 5.41) is 8.98. The van der Waals surface area contributed by atoms with Crippen molar-refractivity contribution in [2.45, 2.75) is 73.3 Å². The summed E-state index contributed by atoms with van der Waals surface area (Å²) < 4.78 is 0. The van der Waals surface area contributed by atoms with Crippen LogP contribution in [0.1, 0.15) is 67.2 Å². The number of hydrogen-bond acceptors (Lipinski definition) is 1. The molecule has 0 heterocycles. The third-order valence-electron chi connectivity index (χ3n) is 1.76. The zero-order valence-corrected chi connectivity index (χ0v) is 12.2. The van der Waals surface area contributed by atoms with Gasteiger partial charge in [0, 0.05) is 0 Å². The van der Waals surface area contributed by atoms with E-state index in [2.05, 4.69) is 46.8 Å². The van der Waals surface area contributed by atoms with Gasteiger partial charge in [-0.1, -0.05) is 53.2 Å². The molecule has 0 saturated heterocycles. The summed E-state index contributed by atoms with van der Waals surface area (Å²) in [7, 11) is 0. The summed E-state index contributed by atoms with van der Waals surface area (Å²) in [6.45, 7) is 12.7. The van der Waals surface area contributed by atoms with Gasteiger partial charge >= 0.3 is 0 Å². The van der Waals surface area contributed by atoms with Gasteiger partial charge in [-0.25, -0.2) is 0 Å². The lowest BCUT2D eigenvalue weighted by molar-refractivity contribution is 0.181. The summed E-state index contributed by atoms with van der Waals surface area (Å²) in [5.74, 6) is 1.50. The van der Waals surface area contributed by atoms with E-state index in [1.54, 1.807) is 0 Å². The molecule has 98 valence electrons. The van der Waals surface area contributed by atoms with Gasteiger partial charge in [0.1, 0.15) is 0 Å². The van der Waals surface area contributed by atoms with Crippen LogP contribution in [0.25, 0.3) is 0 Å². The number of rotatable bonds is 6. The molecular formula is C15H32O. The molecule has 0 radical (unpaired) electrons. The molecule has 0 aliphatic carbocycles. The summed E-state index contributed by atoms with van der Waals surface area (Å²) in [6.07, 6.45) is 8.79. The second kappa shape index (κ2) is 12.8. The smallest absolute Gasteiger partial charge is 0.0512 e. The van der Waals surface area contributed by atoms with Gasteiger partial charge in [-0.3, -0.25) is 0 Å². The summed E-state index contributed by atoms with van der Waals surface area (Å²) >= 11 is 0. The number of hydrogen-bond donors (Lipinski definition) is 1. The molecule has 0 aromatic carbocycles. The second-order valence-corrected chi connectivity index (χ2v) is 5.54. The Morgan fingerprint density at radius 2 is 1.44 bits per heavy atom. The van der Waals surface area contributed by atoms with E-state index >= 15 is 0 Å². The van der Waals surface area contributed by atoms with E-state index in [-0.39, 0.29) is 6.10 Å². The highest BCUT2D eigenvalue weighted by Gasteiger charge is 1.93. The fraction of sp³-hybridized carbons (Fsp3) is 0.867. The predicted octanol–water partition coefficient (Wildman–Crippen LogP) is 4.80. The maximum Gasteiger partial charge on any atom is 0.0512 e. The quantitative estimate of drug-likeness (QED) is 0.511. The van der Waals surface area contributed by atoms with Crippen LogP contribution in [0.2, 0.25) is 0 Å². The molecule has 0 aliphatic rings. The first kappa shape index (κ1) is 18.1. The molecule has 0 rings (SSSR count). The third kappa shape index (κ3) is 29.2. The standard InChI is InChI=1S/C11H22O.C4H10/c1-10(2)8-6-4-5-7-9-11(3)12;1-4(2)3/h6,8,10-12H,4-5,7,9H2,1-3H3;4H,1-3H3/b8-6+;/t11-;/m0./s1. The zero-order chi connectivity index (χ0) is 13.0. The van der Waals surface area contributed by atoms with Crippen LogP contribution in [-0.4, -0.2) is 11.2 Å². The van der Waals surface area contributed by atoms with E-state index in [1.165, 1.54) is 6.42 Å². The van der Waals surface area contributed by atoms with Crippen molar-refractivity contribution < 1.29 is 5.11 Å². The molecule has 0 amide bonds. The Kier molecular flexibility index (Phi) is 14.4. The van der Waals surface area contributed by atoms with Crippen molar-refractivity contribution in [3.63, 3.8) is 0 Å². The van der Waals surface area contributed by atoms with Gasteiger partial charge in [0.15, 0.2) is 0 Å². The number of aliphatic hydroxyl groups is 1.